The Bertz CT molecular complexity index is 913. The van der Waals surface area contributed by atoms with Crippen LogP contribution in [0.25, 0.3) is 22.1 Å². The molecule has 0 aliphatic rings. The van der Waals surface area contributed by atoms with Crippen molar-refractivity contribution in [3.63, 3.8) is 0 Å². The smallest absolute Gasteiger partial charge is 0.114 e. The molecule has 2 aromatic heterocycles. The van der Waals surface area contributed by atoms with Crippen LogP contribution in [0.1, 0.15) is 22.8 Å². The molecular formula is C17H16N4. The van der Waals surface area contributed by atoms with Gasteiger partial charge in [-0.1, -0.05) is 18.2 Å². The van der Waals surface area contributed by atoms with E-state index in [1.54, 1.807) is 0 Å². The third-order valence-electron chi connectivity index (χ3n) is 4.00. The van der Waals surface area contributed by atoms with Crippen LogP contribution in [0.3, 0.4) is 0 Å². The van der Waals surface area contributed by atoms with Crippen molar-refractivity contribution in [1.82, 2.24) is 19.9 Å². The van der Waals surface area contributed by atoms with Gasteiger partial charge < -0.3 is 9.97 Å². The van der Waals surface area contributed by atoms with E-state index in [4.69, 9.17) is 4.98 Å². The maximum absolute atomic E-state index is 4.72. The molecule has 4 nitrogen and oxygen atoms in total. The zero-order valence-electron chi connectivity index (χ0n) is 12.1. The summed E-state index contributed by atoms with van der Waals surface area (Å²) in [5.41, 5.74) is 6.71. The lowest BCUT2D eigenvalue weighted by atomic mass is 10.1. The molecule has 4 heteroatoms. The van der Waals surface area contributed by atoms with Crippen LogP contribution in [0.2, 0.25) is 0 Å². The van der Waals surface area contributed by atoms with E-state index < -0.39 is 0 Å². The van der Waals surface area contributed by atoms with Gasteiger partial charge in [0.2, 0.25) is 0 Å². The molecule has 0 aliphatic carbocycles. The molecule has 0 aliphatic heterocycles. The number of para-hydroxylation sites is 2. The van der Waals surface area contributed by atoms with Crippen LogP contribution in [0.15, 0.2) is 36.4 Å². The second-order valence-electron chi connectivity index (χ2n) is 5.46. The van der Waals surface area contributed by atoms with Gasteiger partial charge in [0.1, 0.15) is 11.6 Å². The summed E-state index contributed by atoms with van der Waals surface area (Å²) in [6.45, 7) is 4.23. The SMILES string of the molecule is Cc1ccc2[nH]c(Cc3nc4ccccc4[nH]3)nc2c1C. The van der Waals surface area contributed by atoms with Crippen molar-refractivity contribution in [2.75, 3.05) is 0 Å². The van der Waals surface area contributed by atoms with Gasteiger partial charge >= 0.3 is 0 Å². The minimum absolute atomic E-state index is 0.682. The van der Waals surface area contributed by atoms with Crippen LogP contribution in [0, 0.1) is 13.8 Å². The molecule has 4 rings (SSSR count). The molecule has 2 heterocycles. The van der Waals surface area contributed by atoms with Gasteiger partial charge in [-0.25, -0.2) is 9.97 Å². The topological polar surface area (TPSA) is 57.4 Å². The van der Waals surface area contributed by atoms with Gasteiger partial charge in [0, 0.05) is 0 Å². The number of H-pyrrole nitrogens is 2. The molecule has 0 atom stereocenters. The molecule has 2 aromatic carbocycles. The second-order valence-corrected chi connectivity index (χ2v) is 5.46. The van der Waals surface area contributed by atoms with E-state index in [0.29, 0.717) is 6.42 Å². The van der Waals surface area contributed by atoms with Gasteiger partial charge in [-0.3, -0.25) is 0 Å². The average Bonchev–Trinajstić information content (AvgIpc) is 3.06. The number of hydrogen-bond acceptors (Lipinski definition) is 2. The van der Waals surface area contributed by atoms with E-state index in [1.165, 1.54) is 11.1 Å². The zero-order chi connectivity index (χ0) is 14.4. The lowest BCUT2D eigenvalue weighted by Crippen LogP contribution is -1.92. The first-order valence-electron chi connectivity index (χ1n) is 7.09. The fourth-order valence-corrected chi connectivity index (χ4v) is 2.70. The molecule has 2 N–H and O–H groups in total. The minimum Gasteiger partial charge on any atom is -0.342 e. The number of fused-ring (bicyclic) bond motifs is 2. The highest BCUT2D eigenvalue weighted by Gasteiger charge is 2.09. The first-order chi connectivity index (χ1) is 10.2. The fraction of sp³-hybridized carbons (Fsp3) is 0.176. The summed E-state index contributed by atoms with van der Waals surface area (Å²) < 4.78 is 0. The van der Waals surface area contributed by atoms with Crippen LogP contribution in [-0.2, 0) is 6.42 Å². The molecule has 0 amide bonds. The monoisotopic (exact) mass is 276 g/mol. The number of aryl methyl sites for hydroxylation is 2. The number of nitrogens with one attached hydrogen (secondary N) is 2. The Morgan fingerprint density at radius 1 is 0.857 bits per heavy atom. The van der Waals surface area contributed by atoms with Crippen molar-refractivity contribution >= 4 is 22.1 Å². The van der Waals surface area contributed by atoms with E-state index in [1.807, 2.05) is 24.3 Å². The summed E-state index contributed by atoms with van der Waals surface area (Å²) in [5.74, 6) is 1.88. The predicted octanol–water partition coefficient (Wildman–Crippen LogP) is 3.65. The first-order valence-corrected chi connectivity index (χ1v) is 7.09. The summed E-state index contributed by atoms with van der Waals surface area (Å²) >= 11 is 0. The van der Waals surface area contributed by atoms with Gasteiger partial charge in [-0.2, -0.15) is 0 Å². The number of rotatable bonds is 2. The Hall–Kier alpha value is -2.62. The van der Waals surface area contributed by atoms with Gasteiger partial charge in [-0.05, 0) is 43.2 Å². The molecule has 0 radical (unpaired) electrons. The quantitative estimate of drug-likeness (QED) is 0.587. The summed E-state index contributed by atoms with van der Waals surface area (Å²) in [6.07, 6.45) is 0.682. The lowest BCUT2D eigenvalue weighted by molar-refractivity contribution is 0.959. The Labute approximate surface area is 122 Å². The van der Waals surface area contributed by atoms with Crippen molar-refractivity contribution in [3.05, 3.63) is 59.2 Å². The van der Waals surface area contributed by atoms with E-state index >= 15 is 0 Å². The Morgan fingerprint density at radius 3 is 2.48 bits per heavy atom. The molecule has 0 unspecified atom stereocenters. The van der Waals surface area contributed by atoms with Crippen molar-refractivity contribution < 1.29 is 0 Å². The molecule has 0 fully saturated rings. The Kier molecular flexibility index (Phi) is 2.57. The molecule has 0 saturated carbocycles. The Balaban J connectivity index is 1.75. The molecule has 0 saturated heterocycles. The molecule has 0 spiro atoms. The van der Waals surface area contributed by atoms with Crippen LogP contribution < -0.4 is 0 Å². The highest BCUT2D eigenvalue weighted by Crippen LogP contribution is 2.20. The number of imidazole rings is 2. The zero-order valence-corrected chi connectivity index (χ0v) is 12.1. The Morgan fingerprint density at radius 2 is 1.62 bits per heavy atom. The minimum atomic E-state index is 0.682. The lowest BCUT2D eigenvalue weighted by Gasteiger charge is -1.98. The van der Waals surface area contributed by atoms with E-state index in [0.717, 1.165) is 33.7 Å². The van der Waals surface area contributed by atoms with Crippen LogP contribution in [-0.4, -0.2) is 19.9 Å². The van der Waals surface area contributed by atoms with Crippen molar-refractivity contribution in [3.8, 4) is 0 Å². The van der Waals surface area contributed by atoms with E-state index in [9.17, 15) is 0 Å². The molecule has 4 aromatic rings. The van der Waals surface area contributed by atoms with Crippen LogP contribution >= 0.6 is 0 Å². The van der Waals surface area contributed by atoms with Gasteiger partial charge in [0.25, 0.3) is 0 Å². The van der Waals surface area contributed by atoms with Crippen LogP contribution in [0.4, 0.5) is 0 Å². The molecule has 104 valence electrons. The third-order valence-corrected chi connectivity index (χ3v) is 4.00. The van der Waals surface area contributed by atoms with Gasteiger partial charge in [-0.15, -0.1) is 0 Å². The predicted molar refractivity (Wildman–Crippen MR) is 84.5 cm³/mol. The normalized spacial score (nSPS) is 11.5. The molecule has 0 bridgehead atoms. The maximum atomic E-state index is 4.72. The maximum Gasteiger partial charge on any atom is 0.114 e. The highest BCUT2D eigenvalue weighted by atomic mass is 15.0. The summed E-state index contributed by atoms with van der Waals surface area (Å²) in [6, 6.07) is 12.3. The standard InChI is InChI=1S/C17H16N4/c1-10-7-8-14-17(11(10)2)21-16(20-14)9-15-18-12-5-3-4-6-13(12)19-15/h3-8H,9H2,1-2H3,(H,18,19)(H,20,21). The second kappa shape index (κ2) is 4.45. The third kappa shape index (κ3) is 2.00. The first kappa shape index (κ1) is 12.1. The van der Waals surface area contributed by atoms with Crippen molar-refractivity contribution in [2.24, 2.45) is 0 Å². The summed E-state index contributed by atoms with van der Waals surface area (Å²) in [7, 11) is 0. The van der Waals surface area contributed by atoms with Gasteiger partial charge in [0.05, 0.1) is 28.5 Å². The number of benzene rings is 2. The molecular weight excluding hydrogens is 260 g/mol. The number of aromatic amines is 2. The van der Waals surface area contributed by atoms with Crippen molar-refractivity contribution in [2.45, 2.75) is 20.3 Å². The van der Waals surface area contributed by atoms with Crippen molar-refractivity contribution in [1.29, 1.82) is 0 Å². The molecule has 21 heavy (non-hydrogen) atoms. The summed E-state index contributed by atoms with van der Waals surface area (Å²) in [5, 5.41) is 0. The van der Waals surface area contributed by atoms with E-state index in [-0.39, 0.29) is 0 Å². The van der Waals surface area contributed by atoms with Crippen LogP contribution in [0.5, 0.6) is 0 Å². The number of hydrogen-bond donors (Lipinski definition) is 2. The van der Waals surface area contributed by atoms with Gasteiger partial charge in [0.15, 0.2) is 0 Å². The van der Waals surface area contributed by atoms with E-state index in [2.05, 4.69) is 40.9 Å². The fourth-order valence-electron chi connectivity index (χ4n) is 2.70. The number of nitrogens with zero attached hydrogens (tertiary/aromatic N) is 2. The number of aromatic nitrogens is 4. The summed E-state index contributed by atoms with van der Waals surface area (Å²) in [4.78, 5) is 16.1. The average molecular weight is 276 g/mol. The highest BCUT2D eigenvalue weighted by molar-refractivity contribution is 5.80. The largest absolute Gasteiger partial charge is 0.342 e.